The van der Waals surface area contributed by atoms with Crippen LogP contribution in [-0.4, -0.2) is 27.5 Å². The highest BCUT2D eigenvalue weighted by Gasteiger charge is 2.40. The molecule has 5 rings (SSSR count). The van der Waals surface area contributed by atoms with Crippen LogP contribution in [0.15, 0.2) is 48.5 Å². The molecule has 3 N–H and O–H groups in total. The Balaban J connectivity index is 2.01. The first kappa shape index (κ1) is 14.4. The van der Waals surface area contributed by atoms with E-state index in [0.29, 0.717) is 11.1 Å². The largest absolute Gasteiger partial charge is 0.388 e. The molecule has 0 fully saturated rings. The molecular weight excluding hydrogens is 324 g/mol. The van der Waals surface area contributed by atoms with Crippen LogP contribution in [0.4, 0.5) is 0 Å². The summed E-state index contributed by atoms with van der Waals surface area (Å²) in [5.74, 6) is 0. The summed E-state index contributed by atoms with van der Waals surface area (Å²) in [5, 5.41) is 36.4. The lowest BCUT2D eigenvalue weighted by Gasteiger charge is -2.35. The zero-order valence-corrected chi connectivity index (χ0v) is 13.4. The van der Waals surface area contributed by atoms with Gasteiger partial charge in [-0.2, -0.15) is 0 Å². The molecule has 0 saturated heterocycles. The fourth-order valence-electron chi connectivity index (χ4n) is 4.12. The van der Waals surface area contributed by atoms with Crippen LogP contribution in [0.2, 0.25) is 0 Å². The van der Waals surface area contributed by atoms with Crippen LogP contribution < -0.4 is 0 Å². The third-order valence-corrected chi connectivity index (χ3v) is 5.77. The predicted octanol–water partition coefficient (Wildman–Crippen LogP) is 3.63. The summed E-state index contributed by atoms with van der Waals surface area (Å²) in [4.78, 5) is 0. The number of hydrogen-bond acceptors (Lipinski definition) is 3. The van der Waals surface area contributed by atoms with Gasteiger partial charge in [-0.3, -0.25) is 0 Å². The van der Waals surface area contributed by atoms with E-state index in [2.05, 4.69) is 18.2 Å². The van der Waals surface area contributed by atoms with E-state index >= 15 is 0 Å². The fourth-order valence-corrected chi connectivity index (χ4v) is 4.51. The summed E-state index contributed by atoms with van der Waals surface area (Å²) >= 11 is 6.46. The first-order valence-electron chi connectivity index (χ1n) is 7.96. The molecule has 0 unspecified atom stereocenters. The van der Waals surface area contributed by atoms with Gasteiger partial charge in [-0.25, -0.2) is 0 Å². The standard InChI is InChI=1S/C20H15ClO3/c21-17-16-12-7-6-10-3-1-2-9-4-5-11(15(12)14(9)10)8-13(16)18(22)20(24)19(17)23/h1-8,17-20,22-24H/t17-,18+,19-,20-/m1/s1. The van der Waals surface area contributed by atoms with Crippen LogP contribution in [0.5, 0.6) is 0 Å². The molecule has 1 aliphatic carbocycles. The summed E-state index contributed by atoms with van der Waals surface area (Å²) in [5.41, 5.74) is 1.31. The van der Waals surface area contributed by atoms with Gasteiger partial charge in [0, 0.05) is 0 Å². The second-order valence-electron chi connectivity index (χ2n) is 6.56. The third kappa shape index (κ3) is 1.68. The lowest BCUT2D eigenvalue weighted by molar-refractivity contribution is -0.0703. The van der Waals surface area contributed by atoms with Crippen molar-refractivity contribution in [3.8, 4) is 0 Å². The molecule has 1 aliphatic rings. The molecule has 0 aromatic heterocycles. The fraction of sp³-hybridized carbons (Fsp3) is 0.200. The van der Waals surface area contributed by atoms with Crippen LogP contribution >= 0.6 is 11.6 Å². The molecule has 0 bridgehead atoms. The van der Waals surface area contributed by atoms with Crippen molar-refractivity contribution < 1.29 is 15.3 Å². The Bertz CT molecular complexity index is 1070. The molecule has 4 aromatic carbocycles. The molecule has 4 atom stereocenters. The van der Waals surface area contributed by atoms with E-state index in [1.807, 2.05) is 30.3 Å². The minimum atomic E-state index is -1.28. The molecule has 0 radical (unpaired) electrons. The van der Waals surface area contributed by atoms with Gasteiger partial charge in [0.2, 0.25) is 0 Å². The zero-order valence-electron chi connectivity index (χ0n) is 12.6. The number of hydrogen-bond donors (Lipinski definition) is 3. The number of aliphatic hydroxyl groups excluding tert-OH is 3. The average molecular weight is 339 g/mol. The Morgan fingerprint density at radius 1 is 0.750 bits per heavy atom. The van der Waals surface area contributed by atoms with Gasteiger partial charge in [0.1, 0.15) is 18.3 Å². The molecule has 120 valence electrons. The lowest BCUT2D eigenvalue weighted by Crippen LogP contribution is -2.40. The maximum Gasteiger partial charge on any atom is 0.112 e. The van der Waals surface area contributed by atoms with Crippen molar-refractivity contribution >= 4 is 43.9 Å². The highest BCUT2D eigenvalue weighted by Crippen LogP contribution is 2.47. The molecule has 0 spiro atoms. The van der Waals surface area contributed by atoms with E-state index in [0.717, 1.165) is 32.3 Å². The van der Waals surface area contributed by atoms with Gasteiger partial charge in [-0.1, -0.05) is 42.5 Å². The van der Waals surface area contributed by atoms with Crippen molar-refractivity contribution in [3.63, 3.8) is 0 Å². The third-order valence-electron chi connectivity index (χ3n) is 5.29. The molecule has 24 heavy (non-hydrogen) atoms. The van der Waals surface area contributed by atoms with Crippen LogP contribution in [0, 0.1) is 0 Å². The number of fused-ring (bicyclic) bond motifs is 2. The second-order valence-corrected chi connectivity index (χ2v) is 7.03. The molecular formula is C20H15ClO3. The first-order chi connectivity index (χ1) is 11.6. The van der Waals surface area contributed by atoms with Crippen molar-refractivity contribution in [3.05, 3.63) is 59.7 Å². The van der Waals surface area contributed by atoms with Crippen molar-refractivity contribution in [2.45, 2.75) is 23.7 Å². The van der Waals surface area contributed by atoms with Crippen LogP contribution in [0.3, 0.4) is 0 Å². The van der Waals surface area contributed by atoms with E-state index < -0.39 is 23.7 Å². The lowest BCUT2D eigenvalue weighted by atomic mass is 9.80. The Morgan fingerprint density at radius 3 is 2.17 bits per heavy atom. The van der Waals surface area contributed by atoms with Crippen LogP contribution in [0.25, 0.3) is 32.3 Å². The predicted molar refractivity (Wildman–Crippen MR) is 95.7 cm³/mol. The van der Waals surface area contributed by atoms with Gasteiger partial charge in [0.25, 0.3) is 0 Å². The molecule has 4 heteroatoms. The maximum absolute atomic E-state index is 10.4. The van der Waals surface area contributed by atoms with Crippen molar-refractivity contribution in [1.29, 1.82) is 0 Å². The van der Waals surface area contributed by atoms with Gasteiger partial charge in [-0.05, 0) is 49.5 Å². The first-order valence-corrected chi connectivity index (χ1v) is 8.40. The monoisotopic (exact) mass is 338 g/mol. The quantitative estimate of drug-likeness (QED) is 0.339. The van der Waals surface area contributed by atoms with Crippen LogP contribution in [0.1, 0.15) is 22.6 Å². The van der Waals surface area contributed by atoms with E-state index in [9.17, 15) is 15.3 Å². The second kappa shape index (κ2) is 4.80. The topological polar surface area (TPSA) is 60.7 Å². The maximum atomic E-state index is 10.4. The Kier molecular flexibility index (Phi) is 2.89. The Labute approximate surface area is 143 Å². The van der Waals surface area contributed by atoms with E-state index in [1.165, 1.54) is 0 Å². The average Bonchev–Trinajstić information content (AvgIpc) is 2.62. The van der Waals surface area contributed by atoms with E-state index in [4.69, 9.17) is 11.6 Å². The Hall–Kier alpha value is -1.91. The molecule has 0 heterocycles. The van der Waals surface area contributed by atoms with Crippen molar-refractivity contribution in [2.75, 3.05) is 0 Å². The number of alkyl halides is 1. The summed E-state index contributed by atoms with van der Waals surface area (Å²) in [6.07, 6.45) is -3.63. The highest BCUT2D eigenvalue weighted by atomic mass is 35.5. The molecule has 0 aliphatic heterocycles. The smallest absolute Gasteiger partial charge is 0.112 e. The minimum Gasteiger partial charge on any atom is -0.388 e. The normalized spacial score (nSPS) is 27.2. The zero-order chi connectivity index (χ0) is 16.6. The van der Waals surface area contributed by atoms with Gasteiger partial charge in [0.05, 0.1) is 5.38 Å². The van der Waals surface area contributed by atoms with Gasteiger partial charge in [-0.15, -0.1) is 11.6 Å². The van der Waals surface area contributed by atoms with Crippen molar-refractivity contribution in [2.24, 2.45) is 0 Å². The molecule has 4 aromatic rings. The minimum absolute atomic E-state index is 0.596. The van der Waals surface area contributed by atoms with Gasteiger partial charge < -0.3 is 15.3 Å². The summed E-state index contributed by atoms with van der Waals surface area (Å²) in [6.45, 7) is 0. The van der Waals surface area contributed by atoms with Crippen LogP contribution in [-0.2, 0) is 0 Å². The van der Waals surface area contributed by atoms with Gasteiger partial charge >= 0.3 is 0 Å². The molecule has 3 nitrogen and oxygen atoms in total. The SMILES string of the molecule is O[C@H]1[C@H](O)[C@@H](O)c2cc3ccc4cccc5ccc(c2[C@H]1Cl)c3c45. The number of halogens is 1. The molecule has 0 amide bonds. The Morgan fingerprint density at radius 2 is 1.42 bits per heavy atom. The highest BCUT2D eigenvalue weighted by molar-refractivity contribution is 6.27. The summed E-state index contributed by atoms with van der Waals surface area (Å²) in [6, 6.07) is 16.2. The number of benzene rings is 4. The van der Waals surface area contributed by atoms with Gasteiger partial charge in [0.15, 0.2) is 0 Å². The van der Waals surface area contributed by atoms with Crippen molar-refractivity contribution in [1.82, 2.24) is 0 Å². The summed E-state index contributed by atoms with van der Waals surface area (Å²) in [7, 11) is 0. The number of rotatable bonds is 0. The number of aliphatic hydroxyl groups is 3. The molecule has 0 saturated carbocycles. The summed E-state index contributed by atoms with van der Waals surface area (Å²) < 4.78 is 0. The van der Waals surface area contributed by atoms with E-state index in [-0.39, 0.29) is 0 Å². The van der Waals surface area contributed by atoms with E-state index in [1.54, 1.807) is 0 Å².